The van der Waals surface area contributed by atoms with Crippen molar-refractivity contribution in [1.82, 2.24) is 15.5 Å². The van der Waals surface area contributed by atoms with E-state index in [4.69, 9.17) is 9.63 Å². The molecule has 1 fully saturated rings. The topological polar surface area (TPSA) is 105 Å². The maximum Gasteiger partial charge on any atom is 0.307 e. The molecule has 2 aromatic rings. The smallest absolute Gasteiger partial charge is 0.307 e. The molecule has 22 heavy (non-hydrogen) atoms. The quantitative estimate of drug-likeness (QED) is 0.869. The first-order valence-electron chi connectivity index (χ1n) is 6.98. The van der Waals surface area contributed by atoms with E-state index in [0.29, 0.717) is 18.1 Å². The van der Waals surface area contributed by atoms with Crippen LogP contribution in [0.3, 0.4) is 0 Å². The highest BCUT2D eigenvalue weighted by molar-refractivity contribution is 5.89. The third-order valence-corrected chi connectivity index (χ3v) is 3.65. The van der Waals surface area contributed by atoms with Gasteiger partial charge in [-0.15, -0.1) is 0 Å². The number of carbonyl (C=O) groups is 2. The average molecular weight is 301 g/mol. The molecule has 2 N–H and O–H groups in total. The summed E-state index contributed by atoms with van der Waals surface area (Å²) in [6, 6.07) is 8.87. The van der Waals surface area contributed by atoms with E-state index in [2.05, 4.69) is 15.5 Å². The molecule has 0 radical (unpaired) electrons. The van der Waals surface area contributed by atoms with E-state index >= 15 is 0 Å². The van der Waals surface area contributed by atoms with Gasteiger partial charge in [-0.1, -0.05) is 23.4 Å². The number of hydrogen-bond donors (Lipinski definition) is 2. The van der Waals surface area contributed by atoms with Crippen LogP contribution < -0.4 is 5.32 Å². The molecule has 3 rings (SSSR count). The summed E-state index contributed by atoms with van der Waals surface area (Å²) in [7, 11) is 0. The molecular formula is C15H15N3O4. The van der Waals surface area contributed by atoms with Gasteiger partial charge in [-0.05, 0) is 25.5 Å². The summed E-state index contributed by atoms with van der Waals surface area (Å²) in [6.07, 6.45) is 0.384. The van der Waals surface area contributed by atoms with Gasteiger partial charge in [-0.3, -0.25) is 9.59 Å². The molecule has 1 aliphatic carbocycles. The number of nitrogens with zero attached hydrogens (tertiary/aromatic N) is 2. The van der Waals surface area contributed by atoms with Gasteiger partial charge in [0.15, 0.2) is 5.82 Å². The summed E-state index contributed by atoms with van der Waals surface area (Å²) in [5, 5.41) is 15.4. The molecule has 0 saturated heterocycles. The molecule has 0 spiro atoms. The number of carbonyl (C=O) groups excluding carboxylic acids is 1. The Bertz CT molecular complexity index is 698. The molecule has 1 aromatic heterocycles. The van der Waals surface area contributed by atoms with Gasteiger partial charge in [0.25, 0.3) is 5.89 Å². The number of hydrogen-bond acceptors (Lipinski definition) is 5. The molecule has 0 bridgehead atoms. The van der Waals surface area contributed by atoms with Crippen LogP contribution in [0, 0.1) is 11.8 Å². The van der Waals surface area contributed by atoms with E-state index in [9.17, 15) is 9.59 Å². The molecule has 114 valence electrons. The fraction of sp³-hybridized carbons (Fsp3) is 0.333. The van der Waals surface area contributed by atoms with Crippen molar-refractivity contribution in [1.29, 1.82) is 0 Å². The maximum absolute atomic E-state index is 11.9. The minimum atomic E-state index is -0.932. The van der Waals surface area contributed by atoms with Gasteiger partial charge >= 0.3 is 5.97 Å². The largest absolute Gasteiger partial charge is 0.481 e. The third-order valence-electron chi connectivity index (χ3n) is 3.65. The van der Waals surface area contributed by atoms with Crippen molar-refractivity contribution in [3.05, 3.63) is 36.2 Å². The standard InChI is InChI=1S/C15H15N3O4/c1-8(16-13(19)10-7-11(10)15(20)21)12-17-14(22-18-12)9-5-3-2-4-6-9/h2-6,8,10-11H,7H2,1H3,(H,16,19)(H,20,21). The molecule has 1 heterocycles. The zero-order chi connectivity index (χ0) is 15.7. The van der Waals surface area contributed by atoms with Gasteiger partial charge in [0.1, 0.15) is 0 Å². The van der Waals surface area contributed by atoms with Gasteiger partial charge in [-0.25, -0.2) is 0 Å². The summed E-state index contributed by atoms with van der Waals surface area (Å²) in [6.45, 7) is 1.73. The number of aliphatic carboxylic acids is 1. The molecule has 0 aliphatic heterocycles. The van der Waals surface area contributed by atoms with E-state index in [0.717, 1.165) is 5.56 Å². The Labute approximate surface area is 126 Å². The van der Waals surface area contributed by atoms with E-state index in [1.54, 1.807) is 6.92 Å². The minimum Gasteiger partial charge on any atom is -0.481 e. The highest BCUT2D eigenvalue weighted by Crippen LogP contribution is 2.39. The molecule has 1 saturated carbocycles. The van der Waals surface area contributed by atoms with Crippen molar-refractivity contribution in [2.75, 3.05) is 0 Å². The first kappa shape index (κ1) is 14.2. The van der Waals surface area contributed by atoms with Crippen LogP contribution in [0.15, 0.2) is 34.9 Å². The number of rotatable bonds is 5. The summed E-state index contributed by atoms with van der Waals surface area (Å²) >= 11 is 0. The van der Waals surface area contributed by atoms with Crippen LogP contribution >= 0.6 is 0 Å². The Morgan fingerprint density at radius 1 is 1.32 bits per heavy atom. The van der Waals surface area contributed by atoms with Gasteiger partial charge in [0, 0.05) is 5.56 Å². The molecule has 3 unspecified atom stereocenters. The predicted octanol–water partition coefficient (Wildman–Crippen LogP) is 1.63. The first-order chi connectivity index (χ1) is 10.6. The van der Waals surface area contributed by atoms with Crippen LogP contribution in [-0.2, 0) is 9.59 Å². The first-order valence-corrected chi connectivity index (χ1v) is 6.98. The minimum absolute atomic E-state index is 0.286. The highest BCUT2D eigenvalue weighted by Gasteiger charge is 2.48. The molecule has 3 atom stereocenters. The fourth-order valence-corrected chi connectivity index (χ4v) is 2.25. The maximum atomic E-state index is 11.9. The van der Waals surface area contributed by atoms with Gasteiger partial charge in [-0.2, -0.15) is 4.98 Å². The van der Waals surface area contributed by atoms with E-state index in [1.165, 1.54) is 0 Å². The number of aromatic nitrogens is 2. The predicted molar refractivity (Wildman–Crippen MR) is 75.5 cm³/mol. The van der Waals surface area contributed by atoms with Crippen LogP contribution in [0.25, 0.3) is 11.5 Å². The van der Waals surface area contributed by atoms with Gasteiger partial charge < -0.3 is 14.9 Å². The molecular weight excluding hydrogens is 286 g/mol. The lowest BCUT2D eigenvalue weighted by Gasteiger charge is -2.09. The fourth-order valence-electron chi connectivity index (χ4n) is 2.25. The third kappa shape index (κ3) is 2.83. The molecule has 1 aromatic carbocycles. The van der Waals surface area contributed by atoms with Crippen molar-refractivity contribution in [3.63, 3.8) is 0 Å². The second kappa shape index (κ2) is 5.59. The molecule has 7 nitrogen and oxygen atoms in total. The Morgan fingerprint density at radius 2 is 2.05 bits per heavy atom. The second-order valence-electron chi connectivity index (χ2n) is 5.34. The molecule has 7 heteroatoms. The number of nitrogens with one attached hydrogen (secondary N) is 1. The Hall–Kier alpha value is -2.70. The van der Waals surface area contributed by atoms with Crippen LogP contribution in [0.4, 0.5) is 0 Å². The van der Waals surface area contributed by atoms with E-state index < -0.39 is 23.8 Å². The van der Waals surface area contributed by atoms with Gasteiger partial charge in [0.2, 0.25) is 5.91 Å². The SMILES string of the molecule is CC(NC(=O)C1CC1C(=O)O)c1noc(-c2ccccc2)n1. The summed E-state index contributed by atoms with van der Waals surface area (Å²) in [5.74, 6) is -1.51. The van der Waals surface area contributed by atoms with Crippen LogP contribution in [-0.4, -0.2) is 27.1 Å². The zero-order valence-corrected chi connectivity index (χ0v) is 11.9. The van der Waals surface area contributed by atoms with Crippen molar-refractivity contribution in [2.45, 2.75) is 19.4 Å². The normalized spacial score (nSPS) is 21.1. The summed E-state index contributed by atoms with van der Waals surface area (Å²) in [4.78, 5) is 27.0. The summed E-state index contributed by atoms with van der Waals surface area (Å²) in [5.41, 5.74) is 0.799. The van der Waals surface area contributed by atoms with Crippen LogP contribution in [0.5, 0.6) is 0 Å². The summed E-state index contributed by atoms with van der Waals surface area (Å²) < 4.78 is 5.18. The number of benzene rings is 1. The molecule has 1 amide bonds. The van der Waals surface area contributed by atoms with Gasteiger partial charge in [0.05, 0.1) is 17.9 Å². The van der Waals surface area contributed by atoms with Crippen molar-refractivity contribution in [3.8, 4) is 11.5 Å². The van der Waals surface area contributed by atoms with Crippen molar-refractivity contribution < 1.29 is 19.2 Å². The number of amides is 1. The second-order valence-corrected chi connectivity index (χ2v) is 5.34. The lowest BCUT2D eigenvalue weighted by molar-refractivity contribution is -0.140. The van der Waals surface area contributed by atoms with Crippen LogP contribution in [0.1, 0.15) is 25.2 Å². The van der Waals surface area contributed by atoms with Crippen LogP contribution in [0.2, 0.25) is 0 Å². The zero-order valence-electron chi connectivity index (χ0n) is 11.9. The van der Waals surface area contributed by atoms with Crippen molar-refractivity contribution >= 4 is 11.9 Å². The van der Waals surface area contributed by atoms with E-state index in [1.807, 2.05) is 30.3 Å². The number of carboxylic acids is 1. The average Bonchev–Trinajstić information content (AvgIpc) is 3.18. The van der Waals surface area contributed by atoms with Crippen molar-refractivity contribution in [2.24, 2.45) is 11.8 Å². The monoisotopic (exact) mass is 301 g/mol. The lowest BCUT2D eigenvalue weighted by Crippen LogP contribution is -2.29. The number of carboxylic acid groups (broad SMARTS) is 1. The Morgan fingerprint density at radius 3 is 2.68 bits per heavy atom. The highest BCUT2D eigenvalue weighted by atomic mass is 16.5. The lowest BCUT2D eigenvalue weighted by atomic mass is 10.2. The Kier molecular flexibility index (Phi) is 3.62. The Balaban J connectivity index is 1.64. The van der Waals surface area contributed by atoms with E-state index in [-0.39, 0.29) is 5.91 Å². The molecule has 1 aliphatic rings.